The first-order valence-corrected chi connectivity index (χ1v) is 15.4. The van der Waals surface area contributed by atoms with E-state index >= 15 is 8.78 Å². The number of hydrogen-bond acceptors (Lipinski definition) is 7. The minimum atomic E-state index is -1.04. The van der Waals surface area contributed by atoms with Gasteiger partial charge in [-0.15, -0.1) is 5.10 Å². The summed E-state index contributed by atoms with van der Waals surface area (Å²) in [4.78, 5) is 8.86. The summed E-state index contributed by atoms with van der Waals surface area (Å²) in [6.07, 6.45) is 3.23. The zero-order valence-corrected chi connectivity index (χ0v) is 26.0. The van der Waals surface area contributed by atoms with Crippen molar-refractivity contribution in [3.63, 3.8) is 0 Å². The van der Waals surface area contributed by atoms with Crippen molar-refractivity contribution in [1.82, 2.24) is 29.9 Å². The van der Waals surface area contributed by atoms with Gasteiger partial charge in [0.05, 0.1) is 18.2 Å². The molecule has 238 valence electrons. The van der Waals surface area contributed by atoms with E-state index in [1.165, 1.54) is 31.6 Å². The standard InChI is InChI=1S/C39H26F2N6O2/c1-48-38-45-44-37(49-38)36-29-22-25(20-21-33(29)42-24-43-36)30-23-47(46-35(30)34-31(40)18-11-19-32(34)41)39(26-12-5-2-6-13-26,27-14-7-3-8-15-27)28-16-9-4-10-17-28/h2-24H,1H3. The Hall–Kier alpha value is -6.55. The predicted octanol–water partition coefficient (Wildman–Crippen LogP) is 8.34. The molecule has 0 unspecified atom stereocenters. The fourth-order valence-corrected chi connectivity index (χ4v) is 6.38. The van der Waals surface area contributed by atoms with E-state index in [-0.39, 0.29) is 23.2 Å². The van der Waals surface area contributed by atoms with E-state index in [0.717, 1.165) is 16.7 Å². The van der Waals surface area contributed by atoms with Crippen LogP contribution in [0.5, 0.6) is 6.08 Å². The lowest BCUT2D eigenvalue weighted by Gasteiger charge is -2.36. The number of nitrogens with zero attached hydrogens (tertiary/aromatic N) is 6. The predicted molar refractivity (Wildman–Crippen MR) is 181 cm³/mol. The smallest absolute Gasteiger partial charge is 0.414 e. The first kappa shape index (κ1) is 29.8. The Morgan fingerprint density at radius 1 is 0.673 bits per heavy atom. The summed E-state index contributed by atoms with van der Waals surface area (Å²) in [6.45, 7) is 0. The molecule has 0 atom stereocenters. The van der Waals surface area contributed by atoms with Crippen LogP contribution < -0.4 is 4.74 Å². The van der Waals surface area contributed by atoms with E-state index < -0.39 is 17.2 Å². The quantitative estimate of drug-likeness (QED) is 0.153. The lowest BCUT2D eigenvalue weighted by molar-refractivity contribution is 0.293. The summed E-state index contributed by atoms with van der Waals surface area (Å²) in [5.41, 5.74) is 3.63. The van der Waals surface area contributed by atoms with Crippen LogP contribution in [0.25, 0.3) is 44.9 Å². The van der Waals surface area contributed by atoms with Crippen LogP contribution in [0.3, 0.4) is 0 Å². The maximum absolute atomic E-state index is 15.7. The van der Waals surface area contributed by atoms with E-state index in [2.05, 4.69) is 20.2 Å². The Morgan fingerprint density at radius 2 is 1.29 bits per heavy atom. The third kappa shape index (κ3) is 5.01. The number of halogens is 2. The number of rotatable bonds is 8. The topological polar surface area (TPSA) is 91.8 Å². The molecule has 0 radical (unpaired) electrons. The summed E-state index contributed by atoms with van der Waals surface area (Å²) < 4.78 is 44.0. The molecular weight excluding hydrogens is 622 g/mol. The lowest BCUT2D eigenvalue weighted by atomic mass is 9.77. The monoisotopic (exact) mass is 648 g/mol. The number of benzene rings is 5. The van der Waals surface area contributed by atoms with Gasteiger partial charge < -0.3 is 9.15 Å². The van der Waals surface area contributed by atoms with Gasteiger partial charge in [-0.2, -0.15) is 5.10 Å². The van der Waals surface area contributed by atoms with Crippen molar-refractivity contribution in [2.45, 2.75) is 5.54 Å². The van der Waals surface area contributed by atoms with Crippen LogP contribution in [0.4, 0.5) is 8.78 Å². The third-order valence-corrected chi connectivity index (χ3v) is 8.56. The number of aromatic nitrogens is 6. The number of hydrogen-bond donors (Lipinski definition) is 0. The minimum absolute atomic E-state index is 0.0180. The van der Waals surface area contributed by atoms with Gasteiger partial charge in [-0.25, -0.2) is 18.7 Å². The lowest BCUT2D eigenvalue weighted by Crippen LogP contribution is -2.38. The minimum Gasteiger partial charge on any atom is -0.452 e. The van der Waals surface area contributed by atoms with Crippen LogP contribution in [0.1, 0.15) is 16.7 Å². The zero-order chi connectivity index (χ0) is 33.4. The Labute approximate surface area is 279 Å². The van der Waals surface area contributed by atoms with Gasteiger partial charge in [0, 0.05) is 17.1 Å². The second-order valence-corrected chi connectivity index (χ2v) is 11.3. The van der Waals surface area contributed by atoms with Crippen molar-refractivity contribution in [2.24, 2.45) is 0 Å². The maximum atomic E-state index is 15.7. The molecule has 8 aromatic rings. The van der Waals surface area contributed by atoms with Crippen molar-refractivity contribution in [1.29, 1.82) is 0 Å². The van der Waals surface area contributed by atoms with Crippen LogP contribution in [0.2, 0.25) is 0 Å². The molecule has 0 aliphatic heterocycles. The van der Waals surface area contributed by atoms with Crippen LogP contribution in [0.15, 0.2) is 144 Å². The average molecular weight is 649 g/mol. The largest absolute Gasteiger partial charge is 0.452 e. The summed E-state index contributed by atoms with van der Waals surface area (Å²) in [5.74, 6) is -1.34. The summed E-state index contributed by atoms with van der Waals surface area (Å²) >= 11 is 0. The highest BCUT2D eigenvalue weighted by Crippen LogP contribution is 2.44. The number of methoxy groups -OCH3 is 1. The van der Waals surface area contributed by atoms with E-state index in [0.29, 0.717) is 27.7 Å². The van der Waals surface area contributed by atoms with E-state index in [1.54, 1.807) is 10.7 Å². The van der Waals surface area contributed by atoms with Crippen molar-refractivity contribution >= 4 is 10.9 Å². The van der Waals surface area contributed by atoms with Crippen molar-refractivity contribution in [3.05, 3.63) is 168 Å². The molecule has 0 aliphatic carbocycles. The SMILES string of the molecule is COc1nnc(-c2ncnc3ccc(-c4cn(C(c5ccccc5)(c5ccccc5)c5ccccc5)nc4-c4c(F)cccc4F)cc23)o1. The molecule has 5 aromatic carbocycles. The molecule has 0 bridgehead atoms. The van der Waals surface area contributed by atoms with Crippen molar-refractivity contribution in [3.8, 4) is 40.0 Å². The Morgan fingerprint density at radius 3 is 1.86 bits per heavy atom. The molecule has 0 amide bonds. The maximum Gasteiger partial charge on any atom is 0.414 e. The van der Waals surface area contributed by atoms with Gasteiger partial charge in [0.1, 0.15) is 34.9 Å². The molecule has 0 N–H and O–H groups in total. The Kier molecular flexibility index (Phi) is 7.45. The molecule has 3 aromatic heterocycles. The molecule has 10 heteroatoms. The molecule has 0 fully saturated rings. The van der Waals surface area contributed by atoms with Crippen LogP contribution >= 0.6 is 0 Å². The number of ether oxygens (including phenoxy) is 1. The molecule has 0 spiro atoms. The average Bonchev–Trinajstić information content (AvgIpc) is 3.81. The normalized spacial score (nSPS) is 11.6. The first-order chi connectivity index (χ1) is 24.1. The molecule has 0 saturated heterocycles. The van der Waals surface area contributed by atoms with E-state index in [9.17, 15) is 0 Å². The van der Waals surface area contributed by atoms with Crippen molar-refractivity contribution < 1.29 is 17.9 Å². The third-order valence-electron chi connectivity index (χ3n) is 8.56. The van der Waals surface area contributed by atoms with Gasteiger partial charge in [0.15, 0.2) is 0 Å². The van der Waals surface area contributed by atoms with Crippen LogP contribution in [-0.4, -0.2) is 37.1 Å². The second-order valence-electron chi connectivity index (χ2n) is 11.3. The molecule has 3 heterocycles. The van der Waals surface area contributed by atoms with Gasteiger partial charge in [-0.05, 0) is 46.5 Å². The highest BCUT2D eigenvalue weighted by Gasteiger charge is 2.40. The van der Waals surface area contributed by atoms with Gasteiger partial charge in [0.25, 0.3) is 5.89 Å². The fraction of sp³-hybridized carbons (Fsp3) is 0.0513. The summed E-state index contributed by atoms with van der Waals surface area (Å²) in [6, 6.07) is 39.1. The summed E-state index contributed by atoms with van der Waals surface area (Å²) in [7, 11) is 1.43. The van der Waals surface area contributed by atoms with Crippen molar-refractivity contribution in [2.75, 3.05) is 7.11 Å². The highest BCUT2D eigenvalue weighted by atomic mass is 19.1. The molecule has 49 heavy (non-hydrogen) atoms. The first-order valence-electron chi connectivity index (χ1n) is 15.4. The Bertz CT molecular complexity index is 2300. The summed E-state index contributed by atoms with van der Waals surface area (Å²) in [5, 5.41) is 13.7. The van der Waals surface area contributed by atoms with E-state index in [1.807, 2.05) is 109 Å². The zero-order valence-electron chi connectivity index (χ0n) is 26.0. The van der Waals surface area contributed by atoms with Gasteiger partial charge in [0.2, 0.25) is 0 Å². The molecule has 0 aliphatic rings. The van der Waals surface area contributed by atoms with Gasteiger partial charge in [-0.1, -0.05) is 108 Å². The van der Waals surface area contributed by atoms with E-state index in [4.69, 9.17) is 14.3 Å². The molecule has 0 saturated carbocycles. The Balaban J connectivity index is 1.46. The molecule has 8 rings (SSSR count). The van der Waals surface area contributed by atoms with Gasteiger partial charge >= 0.3 is 6.08 Å². The molecular formula is C39H26F2N6O2. The van der Waals surface area contributed by atoms with Crippen LogP contribution in [0, 0.1) is 11.6 Å². The molecule has 8 nitrogen and oxygen atoms in total. The highest BCUT2D eigenvalue weighted by molar-refractivity contribution is 5.95. The number of fused-ring (bicyclic) bond motifs is 1. The van der Waals surface area contributed by atoms with Gasteiger partial charge in [-0.3, -0.25) is 4.68 Å². The second kappa shape index (κ2) is 12.2. The van der Waals surface area contributed by atoms with Crippen LogP contribution in [-0.2, 0) is 5.54 Å². The fourth-order valence-electron chi connectivity index (χ4n) is 6.38.